The first kappa shape index (κ1) is 18.7. The Bertz CT molecular complexity index is 1110. The molecule has 0 fully saturated rings. The highest BCUT2D eigenvalue weighted by Crippen LogP contribution is 2.24. The zero-order chi connectivity index (χ0) is 19.7. The standard InChI is InChI=1S/C19H20N6OS2/c1-13(18-20-16-6-4-5-7-17(16)28-18)23(2)12-24-19(27)25(22-21-24)14-8-10-15(26-3)11-9-14/h4-11,13H,12H2,1-3H3/p+1/t13-/m0/s1. The summed E-state index contributed by atoms with van der Waals surface area (Å²) in [6, 6.07) is 16.0. The van der Waals surface area contributed by atoms with E-state index in [4.69, 9.17) is 21.9 Å². The van der Waals surface area contributed by atoms with Crippen molar-refractivity contribution in [2.45, 2.75) is 19.6 Å². The van der Waals surface area contributed by atoms with E-state index >= 15 is 0 Å². The van der Waals surface area contributed by atoms with Crippen LogP contribution in [0.2, 0.25) is 0 Å². The van der Waals surface area contributed by atoms with Gasteiger partial charge in [-0.1, -0.05) is 12.1 Å². The summed E-state index contributed by atoms with van der Waals surface area (Å²) < 4.78 is 10.4. The molecule has 0 aliphatic heterocycles. The van der Waals surface area contributed by atoms with Crippen LogP contribution in [0.4, 0.5) is 0 Å². The Morgan fingerprint density at radius 2 is 1.89 bits per heavy atom. The van der Waals surface area contributed by atoms with Gasteiger partial charge in [0.2, 0.25) is 4.77 Å². The highest BCUT2D eigenvalue weighted by Gasteiger charge is 2.21. The lowest BCUT2D eigenvalue weighted by molar-refractivity contribution is -0.933. The Morgan fingerprint density at radius 3 is 2.61 bits per heavy atom. The maximum Gasteiger partial charge on any atom is 0.225 e. The maximum absolute atomic E-state index is 5.59. The van der Waals surface area contributed by atoms with Gasteiger partial charge in [-0.05, 0) is 66.0 Å². The van der Waals surface area contributed by atoms with Gasteiger partial charge in [-0.15, -0.1) is 11.3 Å². The molecule has 1 N–H and O–H groups in total. The van der Waals surface area contributed by atoms with Crippen molar-refractivity contribution in [1.82, 2.24) is 24.8 Å². The van der Waals surface area contributed by atoms with E-state index in [1.807, 2.05) is 42.5 Å². The number of rotatable bonds is 6. The smallest absolute Gasteiger partial charge is 0.225 e. The number of tetrazole rings is 1. The summed E-state index contributed by atoms with van der Waals surface area (Å²) in [6.45, 7) is 2.77. The van der Waals surface area contributed by atoms with Gasteiger partial charge in [-0.3, -0.25) is 0 Å². The van der Waals surface area contributed by atoms with E-state index < -0.39 is 0 Å². The molecule has 0 saturated heterocycles. The van der Waals surface area contributed by atoms with Crippen molar-refractivity contribution in [2.75, 3.05) is 14.2 Å². The Morgan fingerprint density at radius 1 is 1.14 bits per heavy atom. The van der Waals surface area contributed by atoms with Gasteiger partial charge < -0.3 is 9.64 Å². The lowest BCUT2D eigenvalue weighted by atomic mass is 10.3. The van der Waals surface area contributed by atoms with Crippen molar-refractivity contribution in [3.63, 3.8) is 0 Å². The second kappa shape index (κ2) is 7.78. The Balaban J connectivity index is 1.53. The average molecular weight is 414 g/mol. The molecule has 0 saturated carbocycles. The van der Waals surface area contributed by atoms with Crippen molar-refractivity contribution in [3.8, 4) is 11.4 Å². The molecule has 0 spiro atoms. The Hall–Kier alpha value is -2.62. The normalized spacial score (nSPS) is 13.5. The molecule has 28 heavy (non-hydrogen) atoms. The number of aromatic nitrogens is 5. The van der Waals surface area contributed by atoms with Crippen molar-refractivity contribution in [2.24, 2.45) is 0 Å². The largest absolute Gasteiger partial charge is 0.497 e. The van der Waals surface area contributed by atoms with Crippen molar-refractivity contribution >= 4 is 33.8 Å². The van der Waals surface area contributed by atoms with Gasteiger partial charge >= 0.3 is 0 Å². The molecular formula is C19H21N6OS2+. The molecule has 2 heterocycles. The highest BCUT2D eigenvalue weighted by molar-refractivity contribution is 7.71. The van der Waals surface area contributed by atoms with Crippen LogP contribution in [0.15, 0.2) is 48.5 Å². The van der Waals surface area contributed by atoms with Gasteiger partial charge in [-0.25, -0.2) is 4.98 Å². The maximum atomic E-state index is 5.59. The van der Waals surface area contributed by atoms with Crippen LogP contribution in [0.3, 0.4) is 0 Å². The van der Waals surface area contributed by atoms with E-state index in [1.165, 1.54) is 9.60 Å². The fourth-order valence-corrected chi connectivity index (χ4v) is 4.27. The molecule has 0 amide bonds. The second-order valence-electron chi connectivity index (χ2n) is 6.62. The topological polar surface area (TPSA) is 62.2 Å². The average Bonchev–Trinajstić information content (AvgIpc) is 3.31. The third kappa shape index (κ3) is 3.56. The minimum Gasteiger partial charge on any atom is -0.497 e. The van der Waals surface area contributed by atoms with E-state index in [0.717, 1.165) is 22.0 Å². The summed E-state index contributed by atoms with van der Waals surface area (Å²) in [7, 11) is 3.76. The first-order valence-corrected chi connectivity index (χ1v) is 10.1. The van der Waals surface area contributed by atoms with Crippen molar-refractivity contribution < 1.29 is 9.64 Å². The zero-order valence-electron chi connectivity index (χ0n) is 15.9. The first-order valence-electron chi connectivity index (χ1n) is 8.92. The monoisotopic (exact) mass is 413 g/mol. The molecule has 0 aliphatic rings. The van der Waals surface area contributed by atoms with Crippen LogP contribution >= 0.6 is 23.6 Å². The molecule has 0 aliphatic carbocycles. The predicted octanol–water partition coefficient (Wildman–Crippen LogP) is 2.65. The number of nitrogens with one attached hydrogen (secondary N) is 1. The number of hydrogen-bond donors (Lipinski definition) is 1. The van der Waals surface area contributed by atoms with Crippen LogP contribution in [0.25, 0.3) is 15.9 Å². The summed E-state index contributed by atoms with van der Waals surface area (Å²) in [4.78, 5) is 6.01. The predicted molar refractivity (Wildman–Crippen MR) is 112 cm³/mol. The summed E-state index contributed by atoms with van der Waals surface area (Å²) >= 11 is 7.32. The van der Waals surface area contributed by atoms with E-state index in [9.17, 15) is 0 Å². The third-order valence-electron chi connectivity index (χ3n) is 4.78. The third-order valence-corrected chi connectivity index (χ3v) is 6.38. The number of fused-ring (bicyclic) bond motifs is 1. The van der Waals surface area contributed by atoms with Gasteiger partial charge in [0.15, 0.2) is 11.7 Å². The molecule has 1 unspecified atom stereocenters. The van der Waals surface area contributed by atoms with Crippen LogP contribution < -0.4 is 9.64 Å². The van der Waals surface area contributed by atoms with Gasteiger partial charge in [0, 0.05) is 0 Å². The molecular weight excluding hydrogens is 392 g/mol. The minimum absolute atomic E-state index is 0.213. The Kier molecular flexibility index (Phi) is 5.21. The van der Waals surface area contributed by atoms with Gasteiger partial charge in [0.05, 0.1) is 30.1 Å². The fraction of sp³-hybridized carbons (Fsp3) is 0.263. The second-order valence-corrected chi connectivity index (χ2v) is 8.04. The van der Waals surface area contributed by atoms with Crippen molar-refractivity contribution in [1.29, 1.82) is 0 Å². The SMILES string of the molecule is COc1ccc(-n2nnn(C[NH+](C)[C@@H](C)c3nc4ccccc4s3)c2=S)cc1. The number of para-hydroxylation sites is 1. The minimum atomic E-state index is 0.213. The summed E-state index contributed by atoms with van der Waals surface area (Å²) in [5, 5.41) is 9.57. The van der Waals surface area contributed by atoms with E-state index in [0.29, 0.717) is 11.4 Å². The summed E-state index contributed by atoms with van der Waals surface area (Å²) in [6.07, 6.45) is 0. The molecule has 0 bridgehead atoms. The lowest BCUT2D eigenvalue weighted by Crippen LogP contribution is -3.08. The molecule has 9 heteroatoms. The molecule has 144 valence electrons. The van der Waals surface area contributed by atoms with E-state index in [-0.39, 0.29) is 6.04 Å². The quantitative estimate of drug-likeness (QED) is 0.493. The van der Waals surface area contributed by atoms with Crippen LogP contribution in [0, 0.1) is 4.77 Å². The number of hydrogen-bond acceptors (Lipinski definition) is 6. The highest BCUT2D eigenvalue weighted by atomic mass is 32.1. The number of thiazole rings is 1. The number of nitrogens with zero attached hydrogens (tertiary/aromatic N) is 5. The lowest BCUT2D eigenvalue weighted by Gasteiger charge is -2.19. The zero-order valence-corrected chi connectivity index (χ0v) is 17.5. The van der Waals surface area contributed by atoms with Gasteiger partial charge in [0.1, 0.15) is 11.8 Å². The number of benzene rings is 2. The van der Waals surface area contributed by atoms with Crippen LogP contribution in [-0.2, 0) is 6.67 Å². The number of methoxy groups -OCH3 is 1. The van der Waals surface area contributed by atoms with E-state index in [2.05, 4.69) is 30.5 Å². The number of quaternary nitrogens is 1. The molecule has 4 rings (SSSR count). The van der Waals surface area contributed by atoms with Crippen LogP contribution in [0.1, 0.15) is 18.0 Å². The molecule has 0 radical (unpaired) electrons. The van der Waals surface area contributed by atoms with Gasteiger partial charge in [0.25, 0.3) is 0 Å². The fourth-order valence-electron chi connectivity index (χ4n) is 2.92. The molecule has 7 nitrogen and oxygen atoms in total. The van der Waals surface area contributed by atoms with Crippen LogP contribution in [-0.4, -0.2) is 38.9 Å². The van der Waals surface area contributed by atoms with Gasteiger partial charge in [-0.2, -0.15) is 9.36 Å². The molecule has 2 aromatic carbocycles. The van der Waals surface area contributed by atoms with Crippen molar-refractivity contribution in [3.05, 3.63) is 58.3 Å². The summed E-state index contributed by atoms with van der Waals surface area (Å²) in [5.41, 5.74) is 1.90. The summed E-state index contributed by atoms with van der Waals surface area (Å²) in [5.74, 6) is 0.788. The first-order chi connectivity index (χ1) is 13.6. The Labute approximate surface area is 171 Å². The molecule has 4 aromatic rings. The number of ether oxygens (including phenoxy) is 1. The van der Waals surface area contributed by atoms with Crippen LogP contribution in [0.5, 0.6) is 5.75 Å². The van der Waals surface area contributed by atoms with E-state index in [1.54, 1.807) is 27.8 Å². The molecule has 2 aromatic heterocycles. The molecule has 2 atom stereocenters.